The van der Waals surface area contributed by atoms with Crippen LogP contribution in [0.2, 0.25) is 0 Å². The lowest BCUT2D eigenvalue weighted by Crippen LogP contribution is -2.41. The van der Waals surface area contributed by atoms with Gasteiger partial charge >= 0.3 is 0 Å². The van der Waals surface area contributed by atoms with Crippen molar-refractivity contribution in [3.63, 3.8) is 0 Å². The van der Waals surface area contributed by atoms with Gasteiger partial charge in [-0.1, -0.05) is 30.3 Å². The predicted octanol–water partition coefficient (Wildman–Crippen LogP) is 4.80. The number of aryl methyl sites for hydroxylation is 1. The first kappa shape index (κ1) is 21.1. The van der Waals surface area contributed by atoms with Gasteiger partial charge in [-0.05, 0) is 60.9 Å². The van der Waals surface area contributed by atoms with Gasteiger partial charge in [0.25, 0.3) is 0 Å². The van der Waals surface area contributed by atoms with Gasteiger partial charge in [-0.2, -0.15) is 4.31 Å². The first-order chi connectivity index (χ1) is 15.4. The lowest BCUT2D eigenvalue weighted by molar-refractivity contribution is -0.120. The van der Waals surface area contributed by atoms with Gasteiger partial charge < -0.3 is 5.32 Å². The molecule has 0 atom stereocenters. The molecule has 1 saturated heterocycles. The summed E-state index contributed by atoms with van der Waals surface area (Å²) in [7, 11) is -3.59. The molecule has 0 radical (unpaired) electrons. The number of piperidine rings is 1. The zero-order chi connectivity index (χ0) is 22.3. The highest BCUT2D eigenvalue weighted by atomic mass is 32.2. The number of hydrogen-bond acceptors (Lipinski definition) is 5. The molecule has 0 bridgehead atoms. The lowest BCUT2D eigenvalue weighted by atomic mass is 9.97. The minimum Gasteiger partial charge on any atom is -0.326 e. The molecule has 1 N–H and O–H groups in total. The van der Waals surface area contributed by atoms with E-state index >= 15 is 0 Å². The Morgan fingerprint density at radius 1 is 1.03 bits per heavy atom. The van der Waals surface area contributed by atoms with Crippen molar-refractivity contribution in [1.82, 2.24) is 9.29 Å². The van der Waals surface area contributed by atoms with Crippen molar-refractivity contribution >= 4 is 53.9 Å². The molecular weight excluding hydrogens is 442 g/mol. The van der Waals surface area contributed by atoms with Crippen LogP contribution in [0.3, 0.4) is 0 Å². The van der Waals surface area contributed by atoms with Crippen molar-refractivity contribution in [3.05, 3.63) is 65.7 Å². The van der Waals surface area contributed by atoms with E-state index in [4.69, 9.17) is 0 Å². The number of thiazole rings is 1. The third-order valence-electron chi connectivity index (χ3n) is 5.95. The zero-order valence-corrected chi connectivity index (χ0v) is 19.2. The minimum absolute atomic E-state index is 0.0617. The van der Waals surface area contributed by atoms with Crippen LogP contribution in [-0.4, -0.2) is 36.7 Å². The molecule has 1 aliphatic rings. The van der Waals surface area contributed by atoms with E-state index < -0.39 is 10.0 Å². The fourth-order valence-electron chi connectivity index (χ4n) is 4.20. The second kappa shape index (κ2) is 8.27. The molecule has 8 heteroatoms. The Morgan fingerprint density at radius 3 is 2.56 bits per heavy atom. The molecule has 4 aromatic rings. The standard InChI is InChI=1S/C24H23N3O3S2/c1-16-25-22-9-7-20(15-23(22)31-16)26-24(28)18-10-12-27(13-11-18)32(29,30)21-8-6-17-4-2-3-5-19(17)14-21/h2-9,14-15,18H,10-13H2,1H3,(H,26,28). The van der Waals surface area contributed by atoms with Crippen LogP contribution in [0, 0.1) is 12.8 Å². The van der Waals surface area contributed by atoms with Crippen molar-refractivity contribution in [2.75, 3.05) is 18.4 Å². The molecule has 1 aromatic heterocycles. The van der Waals surface area contributed by atoms with Gasteiger partial charge in [0.15, 0.2) is 0 Å². The maximum atomic E-state index is 13.1. The molecule has 0 spiro atoms. The highest BCUT2D eigenvalue weighted by Gasteiger charge is 2.32. The lowest BCUT2D eigenvalue weighted by Gasteiger charge is -2.30. The molecule has 6 nitrogen and oxygen atoms in total. The number of amides is 1. The Kier molecular flexibility index (Phi) is 5.44. The fraction of sp³-hybridized carbons (Fsp3) is 0.250. The Bertz CT molecular complexity index is 1420. The Hall–Kier alpha value is -2.81. The number of aromatic nitrogens is 1. The van der Waals surface area contributed by atoms with E-state index in [0.717, 1.165) is 31.7 Å². The topological polar surface area (TPSA) is 79.4 Å². The van der Waals surface area contributed by atoms with Crippen molar-refractivity contribution in [1.29, 1.82) is 0 Å². The predicted molar refractivity (Wildman–Crippen MR) is 128 cm³/mol. The number of carbonyl (C=O) groups is 1. The SMILES string of the molecule is Cc1nc2ccc(NC(=O)C3CCN(S(=O)(=O)c4ccc5ccccc5c4)CC3)cc2s1. The summed E-state index contributed by atoms with van der Waals surface area (Å²) in [6, 6.07) is 18.6. The van der Waals surface area contributed by atoms with Crippen LogP contribution in [0.15, 0.2) is 65.6 Å². The van der Waals surface area contributed by atoms with Crippen molar-refractivity contribution in [2.45, 2.75) is 24.7 Å². The minimum atomic E-state index is -3.59. The van der Waals surface area contributed by atoms with Gasteiger partial charge in [0.05, 0.1) is 20.1 Å². The number of nitrogens with one attached hydrogen (secondary N) is 1. The number of sulfonamides is 1. The summed E-state index contributed by atoms with van der Waals surface area (Å²) >= 11 is 1.59. The fourth-order valence-corrected chi connectivity index (χ4v) is 6.57. The summed E-state index contributed by atoms with van der Waals surface area (Å²) < 4.78 is 28.8. The smallest absolute Gasteiger partial charge is 0.243 e. The summed E-state index contributed by atoms with van der Waals surface area (Å²) in [6.07, 6.45) is 1.00. The molecule has 5 rings (SSSR count). The van der Waals surface area contributed by atoms with E-state index in [0.29, 0.717) is 30.8 Å². The average Bonchev–Trinajstić information content (AvgIpc) is 3.18. The molecule has 0 saturated carbocycles. The summed E-state index contributed by atoms with van der Waals surface area (Å²) in [4.78, 5) is 17.5. The largest absolute Gasteiger partial charge is 0.326 e. The van der Waals surface area contributed by atoms with Gasteiger partial charge in [0, 0.05) is 24.7 Å². The average molecular weight is 466 g/mol. The van der Waals surface area contributed by atoms with Gasteiger partial charge in [-0.15, -0.1) is 11.3 Å². The van der Waals surface area contributed by atoms with Gasteiger partial charge in [-0.3, -0.25) is 4.79 Å². The number of fused-ring (bicyclic) bond motifs is 2. The van der Waals surface area contributed by atoms with Crippen LogP contribution >= 0.6 is 11.3 Å². The maximum Gasteiger partial charge on any atom is 0.243 e. The third-order valence-corrected chi connectivity index (χ3v) is 8.77. The summed E-state index contributed by atoms with van der Waals surface area (Å²) in [6.45, 7) is 2.63. The summed E-state index contributed by atoms with van der Waals surface area (Å²) in [5.74, 6) is -0.273. The molecular formula is C24H23N3O3S2. The molecule has 2 heterocycles. The van der Waals surface area contributed by atoms with Crippen molar-refractivity contribution < 1.29 is 13.2 Å². The molecule has 1 fully saturated rings. The molecule has 3 aromatic carbocycles. The van der Waals surface area contributed by atoms with Gasteiger partial charge in [-0.25, -0.2) is 13.4 Å². The number of nitrogens with zero attached hydrogens (tertiary/aromatic N) is 2. The Morgan fingerprint density at radius 2 is 1.78 bits per heavy atom. The maximum absolute atomic E-state index is 13.1. The monoisotopic (exact) mass is 465 g/mol. The molecule has 164 valence electrons. The first-order valence-corrected chi connectivity index (χ1v) is 12.8. The highest BCUT2D eigenvalue weighted by molar-refractivity contribution is 7.89. The highest BCUT2D eigenvalue weighted by Crippen LogP contribution is 2.28. The van der Waals surface area contributed by atoms with Crippen molar-refractivity contribution in [3.8, 4) is 0 Å². The first-order valence-electron chi connectivity index (χ1n) is 10.6. The summed E-state index contributed by atoms with van der Waals surface area (Å²) in [5.41, 5.74) is 1.68. The number of anilines is 1. The molecule has 1 amide bonds. The van der Waals surface area contributed by atoms with Crippen LogP contribution < -0.4 is 5.32 Å². The third kappa shape index (κ3) is 4.01. The van der Waals surface area contributed by atoms with Gasteiger partial charge in [0.2, 0.25) is 15.9 Å². The van der Waals surface area contributed by atoms with E-state index in [1.54, 1.807) is 23.5 Å². The molecule has 0 unspecified atom stereocenters. The van der Waals surface area contributed by atoms with E-state index in [9.17, 15) is 13.2 Å². The van der Waals surface area contributed by atoms with Crippen molar-refractivity contribution in [2.24, 2.45) is 5.92 Å². The van der Waals surface area contributed by atoms with Crippen LogP contribution in [0.4, 0.5) is 5.69 Å². The van der Waals surface area contributed by atoms with E-state index in [-0.39, 0.29) is 11.8 Å². The normalized spacial score (nSPS) is 15.9. The quantitative estimate of drug-likeness (QED) is 0.470. The molecule has 0 aliphatic carbocycles. The molecule has 1 aliphatic heterocycles. The van der Waals surface area contributed by atoms with E-state index in [1.807, 2.05) is 55.5 Å². The number of carbonyl (C=O) groups excluding carboxylic acids is 1. The number of hydrogen-bond donors (Lipinski definition) is 1. The van der Waals surface area contributed by atoms with Crippen LogP contribution in [-0.2, 0) is 14.8 Å². The zero-order valence-electron chi connectivity index (χ0n) is 17.6. The van der Waals surface area contributed by atoms with Crippen LogP contribution in [0.25, 0.3) is 21.0 Å². The summed E-state index contributed by atoms with van der Waals surface area (Å²) in [5, 5.41) is 5.89. The van der Waals surface area contributed by atoms with Crippen LogP contribution in [0.5, 0.6) is 0 Å². The number of benzene rings is 3. The van der Waals surface area contributed by atoms with Gasteiger partial charge in [0.1, 0.15) is 0 Å². The Labute approximate surface area is 190 Å². The van der Waals surface area contributed by atoms with E-state index in [2.05, 4.69) is 10.3 Å². The van der Waals surface area contributed by atoms with E-state index in [1.165, 1.54) is 4.31 Å². The number of rotatable bonds is 4. The molecule has 32 heavy (non-hydrogen) atoms. The Balaban J connectivity index is 1.25. The second-order valence-electron chi connectivity index (χ2n) is 8.09. The second-order valence-corrected chi connectivity index (χ2v) is 11.3. The van der Waals surface area contributed by atoms with Crippen LogP contribution in [0.1, 0.15) is 17.8 Å².